The van der Waals surface area contributed by atoms with Gasteiger partial charge in [0.25, 0.3) is 5.91 Å². The average Bonchev–Trinajstić information content (AvgIpc) is 2.72. The van der Waals surface area contributed by atoms with Crippen molar-refractivity contribution in [2.75, 3.05) is 20.2 Å². The number of hydrogen-bond acceptors (Lipinski definition) is 3. The zero-order valence-corrected chi connectivity index (χ0v) is 16.8. The normalized spacial score (nSPS) is 19.2. The molecule has 1 aliphatic rings. The van der Waals surface area contributed by atoms with E-state index in [9.17, 15) is 9.59 Å². The fraction of sp³-hybridized carbons (Fsp3) is 0.391. The van der Waals surface area contributed by atoms with Crippen molar-refractivity contribution in [2.24, 2.45) is 5.41 Å². The van der Waals surface area contributed by atoms with Crippen LogP contribution < -0.4 is 10.1 Å². The summed E-state index contributed by atoms with van der Waals surface area (Å²) in [6.45, 7) is 5.45. The summed E-state index contributed by atoms with van der Waals surface area (Å²) < 4.78 is 5.23. The number of benzene rings is 2. The Kier molecular flexibility index (Phi) is 6.02. The minimum atomic E-state index is -0.588. The number of likely N-dealkylation sites (tertiary alicyclic amines) is 1. The molecular formula is C23H28N2O3. The third-order valence-corrected chi connectivity index (χ3v) is 5.49. The van der Waals surface area contributed by atoms with E-state index in [1.54, 1.807) is 7.11 Å². The number of carbonyl (C=O) groups is 2. The van der Waals surface area contributed by atoms with Gasteiger partial charge in [0.1, 0.15) is 5.75 Å². The zero-order valence-electron chi connectivity index (χ0n) is 16.8. The first-order valence-electron chi connectivity index (χ1n) is 9.69. The molecule has 5 nitrogen and oxygen atoms in total. The number of aryl methyl sites for hydroxylation is 1. The highest BCUT2D eigenvalue weighted by Crippen LogP contribution is 2.31. The molecule has 148 valence electrons. The van der Waals surface area contributed by atoms with E-state index in [4.69, 9.17) is 4.74 Å². The van der Waals surface area contributed by atoms with Crippen LogP contribution in [0.5, 0.6) is 5.75 Å². The van der Waals surface area contributed by atoms with Crippen LogP contribution in [-0.2, 0) is 11.3 Å². The number of amides is 2. The Bertz CT molecular complexity index is 864. The number of carbonyl (C=O) groups excluding carboxylic acids is 2. The van der Waals surface area contributed by atoms with Crippen molar-refractivity contribution >= 4 is 11.8 Å². The summed E-state index contributed by atoms with van der Waals surface area (Å²) in [5, 5.41) is 3.04. The van der Waals surface area contributed by atoms with Crippen LogP contribution in [0, 0.1) is 12.3 Å². The molecule has 0 bridgehead atoms. The van der Waals surface area contributed by atoms with Gasteiger partial charge >= 0.3 is 0 Å². The first-order valence-corrected chi connectivity index (χ1v) is 9.69. The summed E-state index contributed by atoms with van der Waals surface area (Å²) in [6.07, 6.45) is 1.59. The van der Waals surface area contributed by atoms with Crippen LogP contribution in [0.25, 0.3) is 0 Å². The van der Waals surface area contributed by atoms with Crippen LogP contribution in [0.15, 0.2) is 48.5 Å². The second-order valence-corrected chi connectivity index (χ2v) is 7.74. The minimum absolute atomic E-state index is 0.00428. The largest absolute Gasteiger partial charge is 0.497 e. The summed E-state index contributed by atoms with van der Waals surface area (Å²) in [5.41, 5.74) is 2.07. The number of rotatable bonds is 5. The van der Waals surface area contributed by atoms with E-state index in [2.05, 4.69) is 5.32 Å². The Morgan fingerprint density at radius 3 is 2.71 bits per heavy atom. The van der Waals surface area contributed by atoms with Gasteiger partial charge in [-0.3, -0.25) is 9.59 Å². The quantitative estimate of drug-likeness (QED) is 0.863. The van der Waals surface area contributed by atoms with E-state index in [1.165, 1.54) is 0 Å². The molecule has 0 radical (unpaired) electrons. The van der Waals surface area contributed by atoms with E-state index in [0.717, 1.165) is 29.7 Å². The molecule has 1 N–H and O–H groups in total. The lowest BCUT2D eigenvalue weighted by atomic mass is 9.80. The summed E-state index contributed by atoms with van der Waals surface area (Å²) in [5.74, 6) is 0.757. The Morgan fingerprint density at radius 2 is 1.96 bits per heavy atom. The molecule has 0 saturated carbocycles. The first kappa shape index (κ1) is 19.9. The fourth-order valence-corrected chi connectivity index (χ4v) is 3.76. The lowest BCUT2D eigenvalue weighted by Crippen LogP contribution is -2.51. The smallest absolute Gasteiger partial charge is 0.254 e. The van der Waals surface area contributed by atoms with Crippen molar-refractivity contribution in [2.45, 2.75) is 33.2 Å². The zero-order chi connectivity index (χ0) is 20.1. The van der Waals surface area contributed by atoms with Gasteiger partial charge in [-0.15, -0.1) is 0 Å². The molecule has 0 spiro atoms. The molecular weight excluding hydrogens is 352 g/mol. The standard InChI is InChI=1S/C23H28N2O3/c1-17-8-4-5-11-20(17)21(26)25-13-7-12-23(2,16-25)22(27)24-15-18-9-6-10-19(14-18)28-3/h4-6,8-11,14H,7,12-13,15-16H2,1-3H3,(H,24,27). The maximum absolute atomic E-state index is 13.0. The van der Waals surface area contributed by atoms with E-state index in [-0.39, 0.29) is 11.8 Å². The number of methoxy groups -OCH3 is 1. The molecule has 2 amide bonds. The fourth-order valence-electron chi connectivity index (χ4n) is 3.76. The molecule has 28 heavy (non-hydrogen) atoms. The summed E-state index contributed by atoms with van der Waals surface area (Å²) in [6, 6.07) is 15.3. The molecule has 3 rings (SSSR count). The summed E-state index contributed by atoms with van der Waals surface area (Å²) in [7, 11) is 1.63. The van der Waals surface area contributed by atoms with E-state index < -0.39 is 5.41 Å². The number of nitrogens with zero attached hydrogens (tertiary/aromatic N) is 1. The lowest BCUT2D eigenvalue weighted by molar-refractivity contribution is -0.132. The van der Waals surface area contributed by atoms with Gasteiger partial charge in [0.15, 0.2) is 0 Å². The SMILES string of the molecule is COc1cccc(CNC(=O)C2(C)CCCN(C(=O)c3ccccc3C)C2)c1. The number of nitrogens with one attached hydrogen (secondary N) is 1. The molecule has 1 atom stereocenters. The number of piperidine rings is 1. The van der Waals surface area contributed by atoms with Crippen LogP contribution in [-0.4, -0.2) is 36.9 Å². The van der Waals surface area contributed by atoms with Crippen molar-refractivity contribution in [3.63, 3.8) is 0 Å². The summed E-state index contributed by atoms with van der Waals surface area (Å²) >= 11 is 0. The molecule has 0 aliphatic carbocycles. The molecule has 1 aliphatic heterocycles. The topological polar surface area (TPSA) is 58.6 Å². The van der Waals surface area contributed by atoms with Crippen molar-refractivity contribution < 1.29 is 14.3 Å². The van der Waals surface area contributed by atoms with Crippen LogP contribution >= 0.6 is 0 Å². The number of hydrogen-bond donors (Lipinski definition) is 1. The highest BCUT2D eigenvalue weighted by molar-refractivity contribution is 5.96. The second kappa shape index (κ2) is 8.46. The van der Waals surface area contributed by atoms with Gasteiger partial charge < -0.3 is 15.0 Å². The third kappa shape index (κ3) is 4.35. The maximum atomic E-state index is 13.0. The van der Waals surface area contributed by atoms with Crippen LogP contribution in [0.2, 0.25) is 0 Å². The van der Waals surface area contributed by atoms with Crippen LogP contribution in [0.1, 0.15) is 41.3 Å². The average molecular weight is 380 g/mol. The van der Waals surface area contributed by atoms with E-state index >= 15 is 0 Å². The molecule has 5 heteroatoms. The van der Waals surface area contributed by atoms with Crippen molar-refractivity contribution in [3.05, 3.63) is 65.2 Å². The van der Waals surface area contributed by atoms with Gasteiger partial charge in [0.05, 0.1) is 12.5 Å². The Morgan fingerprint density at radius 1 is 1.18 bits per heavy atom. The molecule has 2 aromatic rings. The predicted octanol–water partition coefficient (Wildman–Crippen LogP) is 3.56. The van der Waals surface area contributed by atoms with Gasteiger partial charge in [0, 0.05) is 25.2 Å². The molecule has 1 unspecified atom stereocenters. The minimum Gasteiger partial charge on any atom is -0.497 e. The van der Waals surface area contributed by atoms with Gasteiger partial charge in [-0.05, 0) is 56.0 Å². The van der Waals surface area contributed by atoms with Gasteiger partial charge in [-0.25, -0.2) is 0 Å². The second-order valence-electron chi connectivity index (χ2n) is 7.74. The van der Waals surface area contributed by atoms with E-state index in [1.807, 2.05) is 67.3 Å². The molecule has 0 aromatic heterocycles. The van der Waals surface area contributed by atoms with Crippen molar-refractivity contribution in [1.29, 1.82) is 0 Å². The Balaban J connectivity index is 1.66. The first-order chi connectivity index (χ1) is 13.4. The maximum Gasteiger partial charge on any atom is 0.254 e. The molecule has 2 aromatic carbocycles. The lowest BCUT2D eigenvalue weighted by Gasteiger charge is -2.39. The number of ether oxygens (including phenoxy) is 1. The highest BCUT2D eigenvalue weighted by atomic mass is 16.5. The molecule has 1 heterocycles. The van der Waals surface area contributed by atoms with Crippen molar-refractivity contribution in [1.82, 2.24) is 10.2 Å². The Hall–Kier alpha value is -2.82. The molecule has 1 fully saturated rings. The van der Waals surface area contributed by atoms with Crippen LogP contribution in [0.4, 0.5) is 0 Å². The van der Waals surface area contributed by atoms with E-state index in [0.29, 0.717) is 25.2 Å². The third-order valence-electron chi connectivity index (χ3n) is 5.49. The Labute approximate surface area is 166 Å². The van der Waals surface area contributed by atoms with Crippen LogP contribution in [0.3, 0.4) is 0 Å². The highest BCUT2D eigenvalue weighted by Gasteiger charge is 2.39. The van der Waals surface area contributed by atoms with Gasteiger partial charge in [-0.2, -0.15) is 0 Å². The summed E-state index contributed by atoms with van der Waals surface area (Å²) in [4.78, 5) is 27.7. The molecule has 1 saturated heterocycles. The predicted molar refractivity (Wildman–Crippen MR) is 109 cm³/mol. The van der Waals surface area contributed by atoms with Gasteiger partial charge in [-0.1, -0.05) is 30.3 Å². The van der Waals surface area contributed by atoms with Crippen molar-refractivity contribution in [3.8, 4) is 5.75 Å². The van der Waals surface area contributed by atoms with Gasteiger partial charge in [0.2, 0.25) is 5.91 Å². The monoisotopic (exact) mass is 380 g/mol.